The number of amides is 1. The highest BCUT2D eigenvalue weighted by Crippen LogP contribution is 2.22. The molecule has 4 heteroatoms. The molecular formula is C25H27NO3. The first-order valence-corrected chi connectivity index (χ1v) is 9.74. The van der Waals surface area contributed by atoms with E-state index >= 15 is 0 Å². The Hall–Kier alpha value is -3.11. The number of aromatic hydroxyl groups is 1. The van der Waals surface area contributed by atoms with Crippen LogP contribution in [0.5, 0.6) is 5.75 Å². The zero-order chi connectivity index (χ0) is 20.9. The molecule has 3 aromatic rings. The molecule has 3 N–H and O–H groups in total. The van der Waals surface area contributed by atoms with Crippen LogP contribution in [0.3, 0.4) is 0 Å². The smallest absolute Gasteiger partial charge is 0.224 e. The number of phenols is 1. The van der Waals surface area contributed by atoms with E-state index in [1.165, 1.54) is 0 Å². The van der Waals surface area contributed by atoms with E-state index in [1.807, 2.05) is 60.7 Å². The number of hydrogen-bond donors (Lipinski definition) is 3. The lowest BCUT2D eigenvalue weighted by molar-refractivity contribution is -0.120. The number of benzene rings is 3. The molecule has 0 unspecified atom stereocenters. The molecule has 29 heavy (non-hydrogen) atoms. The Balaban J connectivity index is 1.59. The zero-order valence-corrected chi connectivity index (χ0v) is 16.9. The van der Waals surface area contributed by atoms with Crippen LogP contribution in [0.1, 0.15) is 30.5 Å². The molecular weight excluding hydrogens is 362 g/mol. The second-order valence-corrected chi connectivity index (χ2v) is 8.01. The summed E-state index contributed by atoms with van der Waals surface area (Å²) in [5.74, 6) is 0.198. The van der Waals surface area contributed by atoms with Crippen molar-refractivity contribution in [2.45, 2.75) is 38.8 Å². The lowest BCUT2D eigenvalue weighted by atomic mass is 9.97. The van der Waals surface area contributed by atoms with Crippen molar-refractivity contribution >= 4 is 5.91 Å². The summed E-state index contributed by atoms with van der Waals surface area (Å²) in [7, 11) is 0. The van der Waals surface area contributed by atoms with Gasteiger partial charge in [0.25, 0.3) is 0 Å². The minimum atomic E-state index is -0.774. The van der Waals surface area contributed by atoms with Gasteiger partial charge >= 0.3 is 0 Å². The van der Waals surface area contributed by atoms with Crippen LogP contribution in [-0.4, -0.2) is 21.7 Å². The Labute approximate surface area is 171 Å². The summed E-state index contributed by atoms with van der Waals surface area (Å²) in [5.41, 5.74) is 4.24. The Kier molecular flexibility index (Phi) is 6.35. The van der Waals surface area contributed by atoms with Gasteiger partial charge in [-0.2, -0.15) is 0 Å². The summed E-state index contributed by atoms with van der Waals surface area (Å²) >= 11 is 0. The molecule has 0 bridgehead atoms. The number of nitrogens with one attached hydrogen (secondary N) is 1. The molecule has 1 amide bonds. The van der Waals surface area contributed by atoms with Crippen molar-refractivity contribution in [3.63, 3.8) is 0 Å². The summed E-state index contributed by atoms with van der Waals surface area (Å²) in [6.45, 7) is 4.01. The topological polar surface area (TPSA) is 69.6 Å². The van der Waals surface area contributed by atoms with Crippen molar-refractivity contribution in [1.29, 1.82) is 0 Å². The third kappa shape index (κ3) is 6.47. The monoisotopic (exact) mass is 389 g/mol. The summed E-state index contributed by atoms with van der Waals surface area (Å²) in [4.78, 5) is 12.4. The minimum Gasteiger partial charge on any atom is -0.508 e. The van der Waals surface area contributed by atoms with Gasteiger partial charge in [-0.1, -0.05) is 54.6 Å². The second-order valence-electron chi connectivity index (χ2n) is 8.01. The van der Waals surface area contributed by atoms with Gasteiger partial charge in [-0.15, -0.1) is 0 Å². The van der Waals surface area contributed by atoms with Crippen LogP contribution < -0.4 is 5.32 Å². The quantitative estimate of drug-likeness (QED) is 0.566. The third-order valence-electron chi connectivity index (χ3n) is 4.61. The highest BCUT2D eigenvalue weighted by atomic mass is 16.3. The number of carbonyl (C=O) groups is 1. The Bertz CT molecular complexity index is 972. The predicted octanol–water partition coefficient (Wildman–Crippen LogP) is 4.23. The maximum atomic E-state index is 12.4. The van der Waals surface area contributed by atoms with Gasteiger partial charge in [-0.05, 0) is 59.9 Å². The molecule has 4 nitrogen and oxygen atoms in total. The summed E-state index contributed by atoms with van der Waals surface area (Å²) in [6, 6.07) is 22.8. The van der Waals surface area contributed by atoms with Gasteiger partial charge in [-0.3, -0.25) is 4.79 Å². The molecule has 0 fully saturated rings. The standard InChI is InChI=1S/C25H27NO3/c1-25(2,29)16-19-6-3-5-18(13-19)15-24(28)26-17-20-7-4-8-22(14-20)21-9-11-23(27)12-10-21/h3-14,27,29H,15-17H2,1-2H3,(H,26,28). The van der Waals surface area contributed by atoms with Crippen LogP contribution in [0.25, 0.3) is 11.1 Å². The van der Waals surface area contributed by atoms with Crippen LogP contribution in [-0.2, 0) is 24.2 Å². The normalized spacial score (nSPS) is 11.3. The summed E-state index contributed by atoms with van der Waals surface area (Å²) < 4.78 is 0. The van der Waals surface area contributed by atoms with Gasteiger partial charge in [0.05, 0.1) is 12.0 Å². The van der Waals surface area contributed by atoms with Crippen LogP contribution in [0, 0.1) is 0 Å². The highest BCUT2D eigenvalue weighted by molar-refractivity contribution is 5.78. The molecule has 3 aromatic carbocycles. The van der Waals surface area contributed by atoms with E-state index in [0.29, 0.717) is 19.4 Å². The Morgan fingerprint density at radius 3 is 2.24 bits per heavy atom. The SMILES string of the molecule is CC(C)(O)Cc1cccc(CC(=O)NCc2cccc(-c3ccc(O)cc3)c2)c1. The maximum Gasteiger partial charge on any atom is 0.224 e. The average Bonchev–Trinajstić information content (AvgIpc) is 2.66. The zero-order valence-electron chi connectivity index (χ0n) is 16.9. The Morgan fingerprint density at radius 1 is 0.862 bits per heavy atom. The largest absolute Gasteiger partial charge is 0.508 e. The third-order valence-corrected chi connectivity index (χ3v) is 4.61. The number of phenolic OH excluding ortho intramolecular Hbond substituents is 1. The lowest BCUT2D eigenvalue weighted by Gasteiger charge is -2.17. The van der Waals surface area contributed by atoms with E-state index in [1.54, 1.807) is 26.0 Å². The maximum absolute atomic E-state index is 12.4. The number of hydrogen-bond acceptors (Lipinski definition) is 3. The van der Waals surface area contributed by atoms with Gasteiger partial charge in [0.2, 0.25) is 5.91 Å². The van der Waals surface area contributed by atoms with E-state index in [-0.39, 0.29) is 11.7 Å². The van der Waals surface area contributed by atoms with Crippen LogP contribution in [0.2, 0.25) is 0 Å². The predicted molar refractivity (Wildman–Crippen MR) is 116 cm³/mol. The van der Waals surface area contributed by atoms with E-state index in [2.05, 4.69) is 5.32 Å². The van der Waals surface area contributed by atoms with Crippen molar-refractivity contribution in [2.75, 3.05) is 0 Å². The van der Waals surface area contributed by atoms with Gasteiger partial charge in [-0.25, -0.2) is 0 Å². The van der Waals surface area contributed by atoms with Crippen molar-refractivity contribution in [3.05, 3.63) is 89.5 Å². The molecule has 150 valence electrons. The van der Waals surface area contributed by atoms with Crippen molar-refractivity contribution in [1.82, 2.24) is 5.32 Å². The Morgan fingerprint density at radius 2 is 1.52 bits per heavy atom. The van der Waals surface area contributed by atoms with Crippen LogP contribution >= 0.6 is 0 Å². The second kappa shape index (κ2) is 8.93. The van der Waals surface area contributed by atoms with Crippen molar-refractivity contribution < 1.29 is 15.0 Å². The van der Waals surface area contributed by atoms with Gasteiger partial charge in [0.1, 0.15) is 5.75 Å². The molecule has 0 radical (unpaired) electrons. The number of carbonyl (C=O) groups excluding carboxylic acids is 1. The van der Waals surface area contributed by atoms with E-state index in [9.17, 15) is 15.0 Å². The molecule has 0 aromatic heterocycles. The fraction of sp³-hybridized carbons (Fsp3) is 0.240. The molecule has 0 heterocycles. The minimum absolute atomic E-state index is 0.0413. The van der Waals surface area contributed by atoms with Crippen molar-refractivity contribution in [2.24, 2.45) is 0 Å². The average molecular weight is 389 g/mol. The van der Waals surface area contributed by atoms with Crippen LogP contribution in [0.15, 0.2) is 72.8 Å². The first kappa shape index (κ1) is 20.6. The van der Waals surface area contributed by atoms with Gasteiger partial charge in [0, 0.05) is 13.0 Å². The molecule has 0 spiro atoms. The molecule has 0 saturated heterocycles. The van der Waals surface area contributed by atoms with Crippen LogP contribution in [0.4, 0.5) is 0 Å². The first-order valence-electron chi connectivity index (χ1n) is 9.74. The number of rotatable bonds is 7. The van der Waals surface area contributed by atoms with Gasteiger partial charge < -0.3 is 15.5 Å². The van der Waals surface area contributed by atoms with Gasteiger partial charge in [0.15, 0.2) is 0 Å². The molecule has 0 atom stereocenters. The van der Waals surface area contributed by atoms with Crippen molar-refractivity contribution in [3.8, 4) is 16.9 Å². The fourth-order valence-corrected chi connectivity index (χ4v) is 3.31. The molecule has 0 saturated carbocycles. The molecule has 0 aliphatic carbocycles. The fourth-order valence-electron chi connectivity index (χ4n) is 3.31. The molecule has 0 aliphatic heterocycles. The molecule has 0 aliphatic rings. The van der Waals surface area contributed by atoms with E-state index < -0.39 is 5.60 Å². The summed E-state index contributed by atoms with van der Waals surface area (Å²) in [6.07, 6.45) is 0.851. The van der Waals surface area contributed by atoms with E-state index in [0.717, 1.165) is 27.8 Å². The first-order chi connectivity index (χ1) is 13.8. The highest BCUT2D eigenvalue weighted by Gasteiger charge is 2.14. The lowest BCUT2D eigenvalue weighted by Crippen LogP contribution is -2.25. The molecule has 3 rings (SSSR count). The van der Waals surface area contributed by atoms with E-state index in [4.69, 9.17) is 0 Å². The number of aliphatic hydroxyl groups is 1. The summed E-state index contributed by atoms with van der Waals surface area (Å²) in [5, 5.41) is 22.4.